The fourth-order valence-corrected chi connectivity index (χ4v) is 2.94. The summed E-state index contributed by atoms with van der Waals surface area (Å²) in [7, 11) is 0. The molecule has 0 unspecified atom stereocenters. The van der Waals surface area contributed by atoms with E-state index in [1.807, 2.05) is 0 Å². The smallest absolute Gasteiger partial charge is 0.230 e. The summed E-state index contributed by atoms with van der Waals surface area (Å²) in [5, 5.41) is 3.09. The van der Waals surface area contributed by atoms with E-state index in [9.17, 15) is 4.79 Å². The maximum atomic E-state index is 12.0. The topological polar surface area (TPSA) is 55.1 Å². The van der Waals surface area contributed by atoms with E-state index in [1.54, 1.807) is 11.8 Å². The van der Waals surface area contributed by atoms with Gasteiger partial charge >= 0.3 is 0 Å². The van der Waals surface area contributed by atoms with Crippen LogP contribution in [0.5, 0.6) is 0 Å². The molecule has 0 spiro atoms. The van der Waals surface area contributed by atoms with Gasteiger partial charge in [0.05, 0.1) is 11.3 Å². The molecule has 3 N–H and O–H groups in total. The fourth-order valence-electron chi connectivity index (χ4n) is 2.16. The Morgan fingerprint density at radius 2 is 2.05 bits per heavy atom. The van der Waals surface area contributed by atoms with Crippen LogP contribution in [0.25, 0.3) is 0 Å². The van der Waals surface area contributed by atoms with Gasteiger partial charge in [0.25, 0.3) is 0 Å². The van der Waals surface area contributed by atoms with Crippen LogP contribution in [0.2, 0.25) is 0 Å². The van der Waals surface area contributed by atoms with Crippen LogP contribution in [-0.2, 0) is 10.5 Å². The molecule has 4 heteroatoms. The molecule has 3 nitrogen and oxygen atoms in total. The molecule has 0 fully saturated rings. The molecule has 1 aromatic rings. The van der Waals surface area contributed by atoms with Gasteiger partial charge in [0.2, 0.25) is 5.91 Å². The third kappa shape index (κ3) is 5.17. The fraction of sp³-hybridized carbons (Fsp3) is 0.562. The van der Waals surface area contributed by atoms with Gasteiger partial charge < -0.3 is 11.1 Å². The highest BCUT2D eigenvalue weighted by molar-refractivity contribution is 7.99. The molecular formula is C16H26N2OS. The quantitative estimate of drug-likeness (QED) is 0.775. The molecule has 1 rings (SSSR count). The van der Waals surface area contributed by atoms with Crippen molar-refractivity contribution in [3.05, 3.63) is 35.4 Å². The van der Waals surface area contributed by atoms with E-state index in [0.717, 1.165) is 18.6 Å². The summed E-state index contributed by atoms with van der Waals surface area (Å²) in [6.45, 7) is 6.71. The van der Waals surface area contributed by atoms with E-state index >= 15 is 0 Å². The largest absolute Gasteiger partial charge is 0.349 e. The Morgan fingerprint density at radius 1 is 1.35 bits per heavy atom. The van der Waals surface area contributed by atoms with E-state index in [2.05, 4.69) is 50.4 Å². The zero-order valence-corrected chi connectivity index (χ0v) is 13.6. The number of benzene rings is 1. The molecule has 20 heavy (non-hydrogen) atoms. The van der Waals surface area contributed by atoms with E-state index < -0.39 is 0 Å². The van der Waals surface area contributed by atoms with Crippen LogP contribution in [0.15, 0.2) is 24.3 Å². The van der Waals surface area contributed by atoms with Gasteiger partial charge in [0, 0.05) is 12.3 Å². The molecule has 0 aromatic heterocycles. The predicted octanol–water partition coefficient (Wildman–Crippen LogP) is 2.86. The number of rotatable bonds is 8. The van der Waals surface area contributed by atoms with Crippen LogP contribution < -0.4 is 11.1 Å². The van der Waals surface area contributed by atoms with Gasteiger partial charge in [-0.2, -0.15) is 0 Å². The minimum Gasteiger partial charge on any atom is -0.349 e. The second kappa shape index (κ2) is 8.32. The standard InChI is InChI=1S/C16H26N2OS/c1-4-16(5-2,12-17)18-15(19)11-20-10-14-8-6-7-13(3)9-14/h6-9H,4-5,10-12,17H2,1-3H3,(H,18,19). The lowest BCUT2D eigenvalue weighted by atomic mass is 9.93. The van der Waals surface area contributed by atoms with Crippen molar-refractivity contribution < 1.29 is 4.79 Å². The molecule has 0 saturated heterocycles. The molecule has 112 valence electrons. The molecule has 0 aliphatic rings. The Labute approximate surface area is 126 Å². The number of hydrogen-bond donors (Lipinski definition) is 2. The molecule has 0 atom stereocenters. The summed E-state index contributed by atoms with van der Waals surface area (Å²) < 4.78 is 0. The van der Waals surface area contributed by atoms with Gasteiger partial charge in [-0.05, 0) is 25.3 Å². The van der Waals surface area contributed by atoms with Gasteiger partial charge in [-0.3, -0.25) is 4.79 Å². The van der Waals surface area contributed by atoms with E-state index in [-0.39, 0.29) is 11.4 Å². The molecule has 1 aromatic carbocycles. The first-order valence-electron chi connectivity index (χ1n) is 7.19. The van der Waals surface area contributed by atoms with Crippen LogP contribution in [0.1, 0.15) is 37.8 Å². The number of aryl methyl sites for hydroxylation is 1. The van der Waals surface area contributed by atoms with Gasteiger partial charge in [-0.25, -0.2) is 0 Å². The van der Waals surface area contributed by atoms with Crippen LogP contribution >= 0.6 is 11.8 Å². The predicted molar refractivity (Wildman–Crippen MR) is 87.9 cm³/mol. The van der Waals surface area contributed by atoms with Crippen molar-refractivity contribution in [2.45, 2.75) is 44.9 Å². The highest BCUT2D eigenvalue weighted by Crippen LogP contribution is 2.16. The van der Waals surface area contributed by atoms with Crippen LogP contribution in [0.3, 0.4) is 0 Å². The number of carbonyl (C=O) groups excluding carboxylic acids is 1. The Balaban J connectivity index is 2.40. The molecule has 0 saturated carbocycles. The van der Waals surface area contributed by atoms with Gasteiger partial charge in [-0.15, -0.1) is 11.8 Å². The first-order valence-corrected chi connectivity index (χ1v) is 8.35. The van der Waals surface area contributed by atoms with E-state index in [0.29, 0.717) is 12.3 Å². The Hall–Kier alpha value is -1.00. The number of carbonyl (C=O) groups is 1. The molecule has 0 heterocycles. The lowest BCUT2D eigenvalue weighted by molar-refractivity contribution is -0.120. The summed E-state index contributed by atoms with van der Waals surface area (Å²) in [6.07, 6.45) is 1.74. The summed E-state index contributed by atoms with van der Waals surface area (Å²) in [5.74, 6) is 1.43. The Bertz CT molecular complexity index is 422. The first kappa shape index (κ1) is 17.1. The van der Waals surface area contributed by atoms with Crippen LogP contribution in [0.4, 0.5) is 0 Å². The summed E-state index contributed by atoms with van der Waals surface area (Å²) >= 11 is 1.64. The lowest BCUT2D eigenvalue weighted by Gasteiger charge is -2.31. The molecular weight excluding hydrogens is 268 g/mol. The number of nitrogens with one attached hydrogen (secondary N) is 1. The molecule has 0 aliphatic heterocycles. The zero-order valence-electron chi connectivity index (χ0n) is 12.7. The van der Waals surface area contributed by atoms with Crippen LogP contribution in [-0.4, -0.2) is 23.7 Å². The lowest BCUT2D eigenvalue weighted by Crippen LogP contribution is -2.53. The van der Waals surface area contributed by atoms with Crippen molar-refractivity contribution in [2.24, 2.45) is 5.73 Å². The maximum Gasteiger partial charge on any atom is 0.230 e. The minimum absolute atomic E-state index is 0.0804. The number of thioether (sulfide) groups is 1. The monoisotopic (exact) mass is 294 g/mol. The maximum absolute atomic E-state index is 12.0. The third-order valence-corrected chi connectivity index (χ3v) is 4.74. The van der Waals surface area contributed by atoms with Crippen molar-refractivity contribution in [1.29, 1.82) is 0 Å². The van der Waals surface area contributed by atoms with Crippen LogP contribution in [0, 0.1) is 6.92 Å². The average Bonchev–Trinajstić information content (AvgIpc) is 2.45. The SMILES string of the molecule is CCC(CC)(CN)NC(=O)CSCc1cccc(C)c1. The molecule has 0 aliphatic carbocycles. The van der Waals surface area contributed by atoms with Crippen molar-refractivity contribution >= 4 is 17.7 Å². The van der Waals surface area contributed by atoms with Gasteiger partial charge in [-0.1, -0.05) is 43.7 Å². The highest BCUT2D eigenvalue weighted by atomic mass is 32.2. The normalized spacial score (nSPS) is 11.4. The Kier molecular flexibility index (Phi) is 7.10. The van der Waals surface area contributed by atoms with Gasteiger partial charge in [0.1, 0.15) is 0 Å². The van der Waals surface area contributed by atoms with Gasteiger partial charge in [0.15, 0.2) is 0 Å². The van der Waals surface area contributed by atoms with Crippen molar-refractivity contribution in [3.8, 4) is 0 Å². The third-order valence-electron chi connectivity index (χ3n) is 3.73. The van der Waals surface area contributed by atoms with E-state index in [4.69, 9.17) is 5.73 Å². The number of amides is 1. The van der Waals surface area contributed by atoms with E-state index in [1.165, 1.54) is 11.1 Å². The molecule has 0 bridgehead atoms. The molecule has 0 radical (unpaired) electrons. The summed E-state index contributed by atoms with van der Waals surface area (Å²) in [5.41, 5.74) is 8.08. The van der Waals surface area contributed by atoms with Crippen molar-refractivity contribution in [2.75, 3.05) is 12.3 Å². The summed E-state index contributed by atoms with van der Waals surface area (Å²) in [6, 6.07) is 8.39. The average molecular weight is 294 g/mol. The Morgan fingerprint density at radius 3 is 2.60 bits per heavy atom. The second-order valence-corrected chi connectivity index (χ2v) is 6.21. The highest BCUT2D eigenvalue weighted by Gasteiger charge is 2.25. The van der Waals surface area contributed by atoms with Crippen molar-refractivity contribution in [3.63, 3.8) is 0 Å². The second-order valence-electron chi connectivity index (χ2n) is 5.22. The van der Waals surface area contributed by atoms with Crippen molar-refractivity contribution in [1.82, 2.24) is 5.32 Å². The number of hydrogen-bond acceptors (Lipinski definition) is 3. The first-order chi connectivity index (χ1) is 9.55. The zero-order chi connectivity index (χ0) is 15.0. The summed E-state index contributed by atoms with van der Waals surface area (Å²) in [4.78, 5) is 12.0. The minimum atomic E-state index is -0.235. The number of nitrogens with two attached hydrogens (primary N) is 1. The molecule has 1 amide bonds.